The van der Waals surface area contributed by atoms with E-state index in [0.717, 1.165) is 5.56 Å². The van der Waals surface area contributed by atoms with Crippen molar-refractivity contribution in [2.24, 2.45) is 5.73 Å². The third-order valence-electron chi connectivity index (χ3n) is 4.45. The van der Waals surface area contributed by atoms with Crippen LogP contribution < -0.4 is 11.1 Å². The Morgan fingerprint density at radius 2 is 1.87 bits per heavy atom. The van der Waals surface area contributed by atoms with Crippen LogP contribution >= 0.6 is 0 Å². The molecule has 0 aliphatic heterocycles. The Hall–Kier alpha value is -3.30. The molecule has 9 nitrogen and oxygen atoms in total. The van der Waals surface area contributed by atoms with E-state index in [0.29, 0.717) is 18.1 Å². The van der Waals surface area contributed by atoms with E-state index in [4.69, 9.17) is 15.2 Å². The van der Waals surface area contributed by atoms with E-state index in [9.17, 15) is 9.59 Å². The van der Waals surface area contributed by atoms with Gasteiger partial charge in [-0.2, -0.15) is 0 Å². The van der Waals surface area contributed by atoms with Crippen molar-refractivity contribution < 1.29 is 19.1 Å². The van der Waals surface area contributed by atoms with E-state index in [1.807, 2.05) is 30.3 Å². The third-order valence-corrected chi connectivity index (χ3v) is 4.45. The number of hydrogen-bond acceptors (Lipinski definition) is 7. The minimum absolute atomic E-state index is 0.104. The minimum Gasteiger partial charge on any atom is -0.464 e. The Morgan fingerprint density at radius 1 is 1.13 bits per heavy atom. The molecule has 0 saturated carbocycles. The summed E-state index contributed by atoms with van der Waals surface area (Å²) in [5, 5.41) is 11.2. The molecule has 9 heteroatoms. The normalized spacial score (nSPS) is 12.5. The first-order valence-electron chi connectivity index (χ1n) is 9.45. The highest BCUT2D eigenvalue weighted by Gasteiger charge is 2.29. The van der Waals surface area contributed by atoms with Gasteiger partial charge in [0.15, 0.2) is 11.5 Å². The Labute approximate surface area is 174 Å². The summed E-state index contributed by atoms with van der Waals surface area (Å²) in [7, 11) is 1.30. The first-order valence-corrected chi connectivity index (χ1v) is 9.45. The lowest BCUT2D eigenvalue weighted by Gasteiger charge is -2.23. The van der Waals surface area contributed by atoms with Crippen molar-refractivity contribution in [3.8, 4) is 0 Å². The molecule has 3 N–H and O–H groups in total. The fraction of sp³-hybridized carbons (Fsp3) is 0.333. The molecule has 1 aromatic carbocycles. The maximum absolute atomic E-state index is 12.6. The quantitative estimate of drug-likeness (QED) is 0.540. The number of nitrogens with zero attached hydrogens (tertiary/aromatic N) is 3. The Morgan fingerprint density at radius 3 is 2.53 bits per heavy atom. The van der Waals surface area contributed by atoms with Gasteiger partial charge in [-0.25, -0.2) is 4.79 Å². The number of rotatable bonds is 8. The number of nitrogens with two attached hydrogens (primary N) is 1. The highest BCUT2D eigenvalue weighted by atomic mass is 16.5. The van der Waals surface area contributed by atoms with Crippen molar-refractivity contribution in [3.05, 3.63) is 65.6 Å². The summed E-state index contributed by atoms with van der Waals surface area (Å²) in [6.45, 7) is 3.66. The predicted octanol–water partition coefficient (Wildman–Crippen LogP) is 1.63. The number of nitrogens with one attached hydrogen (secondary N) is 1. The summed E-state index contributed by atoms with van der Waals surface area (Å²) in [4.78, 5) is 24.8. The van der Waals surface area contributed by atoms with Crippen molar-refractivity contribution in [2.45, 2.75) is 32.0 Å². The number of fused-ring (bicyclic) bond motifs is 1. The van der Waals surface area contributed by atoms with Gasteiger partial charge >= 0.3 is 5.97 Å². The van der Waals surface area contributed by atoms with E-state index in [2.05, 4.69) is 15.5 Å². The Kier molecular flexibility index (Phi) is 6.43. The number of amides is 1. The number of carbonyl (C=O) groups excluding carboxylic acids is 2. The number of aromatic nitrogens is 3. The smallest absolute Gasteiger partial charge is 0.355 e. The van der Waals surface area contributed by atoms with Crippen LogP contribution in [0.3, 0.4) is 0 Å². The topological polar surface area (TPSA) is 121 Å². The molecule has 0 fully saturated rings. The largest absolute Gasteiger partial charge is 0.464 e. The SMILES string of the molecule is COC(=O)c1cccc2nnc([C@@H](COCc3ccccc3)NC(=O)C(C)(C)N)n12. The van der Waals surface area contributed by atoms with Crippen LogP contribution in [-0.2, 0) is 20.9 Å². The molecule has 30 heavy (non-hydrogen) atoms. The average Bonchev–Trinajstić information content (AvgIpc) is 3.16. The van der Waals surface area contributed by atoms with Crippen molar-refractivity contribution in [3.63, 3.8) is 0 Å². The van der Waals surface area contributed by atoms with Crippen LogP contribution in [0.4, 0.5) is 0 Å². The van der Waals surface area contributed by atoms with Crippen molar-refractivity contribution in [2.75, 3.05) is 13.7 Å². The molecule has 158 valence electrons. The van der Waals surface area contributed by atoms with Gasteiger partial charge in [0.1, 0.15) is 11.7 Å². The monoisotopic (exact) mass is 411 g/mol. The zero-order valence-electron chi connectivity index (χ0n) is 17.2. The van der Waals surface area contributed by atoms with Crippen molar-refractivity contribution >= 4 is 17.5 Å². The molecule has 2 aromatic heterocycles. The summed E-state index contributed by atoms with van der Waals surface area (Å²) >= 11 is 0. The number of methoxy groups -OCH3 is 1. The van der Waals surface area contributed by atoms with Gasteiger partial charge in [0.2, 0.25) is 5.91 Å². The maximum Gasteiger partial charge on any atom is 0.355 e. The molecular weight excluding hydrogens is 386 g/mol. The van der Waals surface area contributed by atoms with Crippen LogP contribution in [0.15, 0.2) is 48.5 Å². The fourth-order valence-electron chi connectivity index (χ4n) is 2.85. The summed E-state index contributed by atoms with van der Waals surface area (Å²) < 4.78 is 12.3. The second-order valence-corrected chi connectivity index (χ2v) is 7.40. The van der Waals surface area contributed by atoms with Crippen molar-refractivity contribution in [1.29, 1.82) is 0 Å². The number of carbonyl (C=O) groups is 2. The average molecular weight is 411 g/mol. The van der Waals surface area contributed by atoms with Gasteiger partial charge in [-0.05, 0) is 31.5 Å². The summed E-state index contributed by atoms with van der Waals surface area (Å²) in [5.74, 6) is -0.587. The van der Waals surface area contributed by atoms with E-state index < -0.39 is 17.6 Å². The molecular formula is C21H25N5O4. The van der Waals surface area contributed by atoms with Gasteiger partial charge in [0.05, 0.1) is 25.9 Å². The molecule has 3 rings (SSSR count). The lowest BCUT2D eigenvalue weighted by Crippen LogP contribution is -2.51. The summed E-state index contributed by atoms with van der Waals surface area (Å²) in [5.41, 5.74) is 6.51. The van der Waals surface area contributed by atoms with Gasteiger partial charge in [0.25, 0.3) is 0 Å². The first-order chi connectivity index (χ1) is 14.3. The van der Waals surface area contributed by atoms with E-state index in [1.165, 1.54) is 7.11 Å². The molecule has 1 atom stereocenters. The lowest BCUT2D eigenvalue weighted by atomic mass is 10.1. The van der Waals surface area contributed by atoms with E-state index in [-0.39, 0.29) is 18.2 Å². The molecule has 0 spiro atoms. The van der Waals surface area contributed by atoms with Crippen LogP contribution in [0.1, 0.15) is 41.8 Å². The van der Waals surface area contributed by atoms with E-state index in [1.54, 1.807) is 36.4 Å². The number of pyridine rings is 1. The highest BCUT2D eigenvalue weighted by Crippen LogP contribution is 2.18. The second kappa shape index (κ2) is 9.02. The van der Waals surface area contributed by atoms with Gasteiger partial charge in [-0.15, -0.1) is 10.2 Å². The molecule has 1 amide bonds. The van der Waals surface area contributed by atoms with Crippen LogP contribution in [0, 0.1) is 0 Å². The van der Waals surface area contributed by atoms with Gasteiger partial charge < -0.3 is 20.5 Å². The number of benzene rings is 1. The standard InChI is InChI=1S/C21H25N5O4/c1-21(2,22)20(28)23-15(13-30-12-14-8-5-4-6-9-14)18-25-24-17-11-7-10-16(26(17)18)19(27)29-3/h4-11,15H,12-13,22H2,1-3H3,(H,23,28)/t15-/m1/s1. The summed E-state index contributed by atoms with van der Waals surface area (Å²) in [6.07, 6.45) is 0. The molecule has 2 heterocycles. The van der Waals surface area contributed by atoms with E-state index >= 15 is 0 Å². The van der Waals surface area contributed by atoms with Crippen LogP contribution in [0.25, 0.3) is 5.65 Å². The van der Waals surface area contributed by atoms with Crippen LogP contribution in [0.5, 0.6) is 0 Å². The molecule has 0 radical (unpaired) electrons. The van der Waals surface area contributed by atoms with Crippen LogP contribution in [-0.4, -0.2) is 45.7 Å². The second-order valence-electron chi connectivity index (χ2n) is 7.40. The zero-order chi connectivity index (χ0) is 21.7. The minimum atomic E-state index is -1.11. The Bertz CT molecular complexity index is 1030. The molecule has 0 saturated heterocycles. The third kappa shape index (κ3) is 4.81. The number of esters is 1. The van der Waals surface area contributed by atoms with Gasteiger partial charge in [-0.3, -0.25) is 9.20 Å². The zero-order valence-corrected chi connectivity index (χ0v) is 17.2. The molecule has 0 bridgehead atoms. The summed E-state index contributed by atoms with van der Waals surface area (Å²) in [6, 6.07) is 13.9. The Balaban J connectivity index is 1.93. The molecule has 0 aliphatic rings. The maximum atomic E-state index is 12.6. The molecule has 3 aromatic rings. The highest BCUT2D eigenvalue weighted by molar-refractivity contribution is 5.88. The molecule has 0 unspecified atom stereocenters. The molecule has 0 aliphatic carbocycles. The number of hydrogen-bond donors (Lipinski definition) is 2. The predicted molar refractivity (Wildman–Crippen MR) is 110 cm³/mol. The van der Waals surface area contributed by atoms with Gasteiger partial charge in [0, 0.05) is 0 Å². The van der Waals surface area contributed by atoms with Gasteiger partial charge in [-0.1, -0.05) is 36.4 Å². The lowest BCUT2D eigenvalue weighted by molar-refractivity contribution is -0.126. The van der Waals surface area contributed by atoms with Crippen molar-refractivity contribution in [1.82, 2.24) is 19.9 Å². The van der Waals surface area contributed by atoms with Crippen LogP contribution in [0.2, 0.25) is 0 Å². The first kappa shape index (κ1) is 21.4. The number of ether oxygens (including phenoxy) is 2. The fourth-order valence-corrected chi connectivity index (χ4v) is 2.85.